The molecule has 6 heteroatoms. The van der Waals surface area contributed by atoms with E-state index in [0.717, 1.165) is 4.90 Å². The lowest BCUT2D eigenvalue weighted by Crippen LogP contribution is -2.12. The van der Waals surface area contributed by atoms with Gasteiger partial charge >= 0.3 is 0 Å². The topological polar surface area (TPSA) is 49.9 Å². The van der Waals surface area contributed by atoms with Crippen molar-refractivity contribution in [3.8, 4) is 0 Å². The molecule has 0 spiro atoms. The lowest BCUT2D eigenvalue weighted by atomic mass is 10.2. The number of hydrogen-bond donors (Lipinski definition) is 2. The third-order valence-electron chi connectivity index (χ3n) is 2.36. The van der Waals surface area contributed by atoms with Crippen LogP contribution in [-0.4, -0.2) is 5.84 Å². The van der Waals surface area contributed by atoms with Crippen molar-refractivity contribution in [1.29, 1.82) is 5.41 Å². The third-order valence-corrected chi connectivity index (χ3v) is 4.40. The molecule has 0 aliphatic carbocycles. The first-order valence-corrected chi connectivity index (χ1v) is 7.23. The summed E-state index contributed by atoms with van der Waals surface area (Å²) in [6, 6.07) is 10.4. The maximum absolute atomic E-state index is 14.2. The number of nitrogens with one attached hydrogen (secondary N) is 1. The van der Waals surface area contributed by atoms with Gasteiger partial charge in [0, 0.05) is 20.4 Å². The third kappa shape index (κ3) is 3.29. The van der Waals surface area contributed by atoms with Crippen molar-refractivity contribution in [1.82, 2.24) is 0 Å². The molecule has 2 aromatic rings. The van der Waals surface area contributed by atoms with E-state index in [-0.39, 0.29) is 10.3 Å². The first-order chi connectivity index (χ1) is 8.99. The molecular formula is C13H9BrClFN2S. The van der Waals surface area contributed by atoms with Crippen LogP contribution in [0, 0.1) is 11.2 Å². The summed E-state index contributed by atoms with van der Waals surface area (Å²) in [7, 11) is 0. The zero-order chi connectivity index (χ0) is 14.0. The van der Waals surface area contributed by atoms with Gasteiger partial charge in [0.1, 0.15) is 5.84 Å². The van der Waals surface area contributed by atoms with Crippen LogP contribution >= 0.6 is 39.3 Å². The number of hydrogen-bond acceptors (Lipinski definition) is 2. The first kappa shape index (κ1) is 14.4. The summed E-state index contributed by atoms with van der Waals surface area (Å²) in [6.45, 7) is 0. The predicted molar refractivity (Wildman–Crippen MR) is 80.7 cm³/mol. The van der Waals surface area contributed by atoms with Crippen LogP contribution in [0.15, 0.2) is 50.7 Å². The summed E-state index contributed by atoms with van der Waals surface area (Å²) in [5.74, 6) is -0.609. The van der Waals surface area contributed by atoms with Gasteiger partial charge in [0.25, 0.3) is 0 Å². The molecular weight excluding hydrogens is 351 g/mol. The van der Waals surface area contributed by atoms with Gasteiger partial charge in [-0.15, -0.1) is 0 Å². The number of halogens is 3. The second-order valence-corrected chi connectivity index (χ2v) is 6.06. The Morgan fingerprint density at radius 2 is 2.05 bits per heavy atom. The van der Waals surface area contributed by atoms with E-state index in [4.69, 9.17) is 22.7 Å². The second-order valence-electron chi connectivity index (χ2n) is 3.71. The van der Waals surface area contributed by atoms with Crippen molar-refractivity contribution >= 4 is 45.1 Å². The van der Waals surface area contributed by atoms with Crippen LogP contribution in [0.5, 0.6) is 0 Å². The zero-order valence-corrected chi connectivity index (χ0v) is 12.7. The minimum atomic E-state index is -0.433. The van der Waals surface area contributed by atoms with Crippen molar-refractivity contribution in [2.45, 2.75) is 9.79 Å². The maximum Gasteiger partial charge on any atom is 0.152 e. The molecule has 0 radical (unpaired) electrons. The zero-order valence-electron chi connectivity index (χ0n) is 9.58. The van der Waals surface area contributed by atoms with E-state index in [0.29, 0.717) is 15.5 Å². The van der Waals surface area contributed by atoms with E-state index in [1.807, 2.05) is 12.1 Å². The molecule has 0 saturated heterocycles. The Balaban J connectivity index is 2.37. The number of amidine groups is 1. The second kappa shape index (κ2) is 5.94. The quantitative estimate of drug-likeness (QED) is 0.617. The average Bonchev–Trinajstić information content (AvgIpc) is 2.35. The lowest BCUT2D eigenvalue weighted by Gasteiger charge is -2.08. The molecule has 0 aromatic heterocycles. The van der Waals surface area contributed by atoms with Gasteiger partial charge in [-0.2, -0.15) is 0 Å². The summed E-state index contributed by atoms with van der Waals surface area (Å²) < 4.78 is 14.4. The first-order valence-electron chi connectivity index (χ1n) is 5.25. The van der Waals surface area contributed by atoms with Crippen LogP contribution in [0.25, 0.3) is 0 Å². The van der Waals surface area contributed by atoms with Gasteiger partial charge in [-0.1, -0.05) is 29.4 Å². The fourth-order valence-corrected chi connectivity index (χ4v) is 3.34. The van der Waals surface area contributed by atoms with Crippen LogP contribution in [0.1, 0.15) is 5.56 Å². The normalized spacial score (nSPS) is 10.5. The van der Waals surface area contributed by atoms with Gasteiger partial charge < -0.3 is 5.73 Å². The largest absolute Gasteiger partial charge is 0.384 e. The van der Waals surface area contributed by atoms with Crippen molar-refractivity contribution in [2.24, 2.45) is 5.73 Å². The molecule has 0 heterocycles. The van der Waals surface area contributed by atoms with E-state index in [9.17, 15) is 4.39 Å². The Bertz CT molecular complexity index is 649. The van der Waals surface area contributed by atoms with Crippen LogP contribution in [0.2, 0.25) is 5.02 Å². The van der Waals surface area contributed by atoms with Gasteiger partial charge in [0.15, 0.2) is 5.82 Å². The maximum atomic E-state index is 14.2. The van der Waals surface area contributed by atoms with Gasteiger partial charge in [-0.25, -0.2) is 4.39 Å². The van der Waals surface area contributed by atoms with Gasteiger partial charge in [-0.05, 0) is 46.3 Å². The Morgan fingerprint density at radius 1 is 1.32 bits per heavy atom. The molecule has 19 heavy (non-hydrogen) atoms. The highest BCUT2D eigenvalue weighted by atomic mass is 79.9. The minimum Gasteiger partial charge on any atom is -0.384 e. The Morgan fingerprint density at radius 3 is 2.68 bits per heavy atom. The van der Waals surface area contributed by atoms with E-state index in [1.165, 1.54) is 11.8 Å². The minimum absolute atomic E-state index is 0.176. The highest BCUT2D eigenvalue weighted by Crippen LogP contribution is 2.35. The van der Waals surface area contributed by atoms with E-state index < -0.39 is 5.82 Å². The molecule has 0 unspecified atom stereocenters. The summed E-state index contributed by atoms with van der Waals surface area (Å²) >= 11 is 10.3. The number of nitrogen functional groups attached to an aromatic ring is 1. The average molecular weight is 360 g/mol. The van der Waals surface area contributed by atoms with E-state index in [1.54, 1.807) is 24.3 Å². The monoisotopic (exact) mass is 358 g/mol. The molecule has 2 aromatic carbocycles. The SMILES string of the molecule is N=C(N)c1ccc(Sc2cccc(Cl)c2)c(F)c1Br. The van der Waals surface area contributed by atoms with Gasteiger partial charge in [0.2, 0.25) is 0 Å². The highest BCUT2D eigenvalue weighted by molar-refractivity contribution is 9.10. The van der Waals surface area contributed by atoms with Crippen molar-refractivity contribution in [2.75, 3.05) is 0 Å². The van der Waals surface area contributed by atoms with E-state index >= 15 is 0 Å². The predicted octanol–water partition coefficient (Wildman–Crippen LogP) is 4.68. The molecule has 2 nitrogen and oxygen atoms in total. The van der Waals surface area contributed by atoms with Crippen LogP contribution in [0.4, 0.5) is 4.39 Å². The number of rotatable bonds is 3. The summed E-state index contributed by atoms with van der Waals surface area (Å²) in [5, 5.41) is 7.95. The smallest absolute Gasteiger partial charge is 0.152 e. The van der Waals surface area contributed by atoms with Gasteiger partial charge in [-0.3, -0.25) is 5.41 Å². The summed E-state index contributed by atoms with van der Waals surface area (Å²) in [4.78, 5) is 1.29. The molecule has 3 N–H and O–H groups in total. The molecule has 0 aliphatic rings. The molecule has 0 aliphatic heterocycles. The van der Waals surface area contributed by atoms with Gasteiger partial charge in [0.05, 0.1) is 4.47 Å². The van der Waals surface area contributed by atoms with Crippen LogP contribution in [0.3, 0.4) is 0 Å². The molecule has 2 rings (SSSR count). The van der Waals surface area contributed by atoms with E-state index in [2.05, 4.69) is 15.9 Å². The summed E-state index contributed by atoms with van der Waals surface area (Å²) in [6.07, 6.45) is 0. The fraction of sp³-hybridized carbons (Fsp3) is 0. The van der Waals surface area contributed by atoms with Crippen LogP contribution in [-0.2, 0) is 0 Å². The Kier molecular flexibility index (Phi) is 4.50. The molecule has 98 valence electrons. The number of benzene rings is 2. The van der Waals surface area contributed by atoms with Crippen molar-refractivity contribution in [3.05, 3.63) is 57.3 Å². The van der Waals surface area contributed by atoms with Crippen molar-refractivity contribution in [3.63, 3.8) is 0 Å². The molecule has 0 saturated carbocycles. The molecule has 0 fully saturated rings. The Hall–Kier alpha value is -1.04. The Labute approximate surface area is 127 Å². The number of nitrogens with two attached hydrogens (primary N) is 1. The molecule has 0 atom stereocenters. The lowest BCUT2D eigenvalue weighted by molar-refractivity contribution is 0.594. The molecule has 0 amide bonds. The standard InChI is InChI=1S/C13H9BrClFN2S/c14-11-9(13(17)18)4-5-10(12(11)16)19-8-3-1-2-7(15)6-8/h1-6H,(H3,17,18). The molecule has 0 bridgehead atoms. The fourth-order valence-electron chi connectivity index (χ4n) is 1.48. The highest BCUT2D eigenvalue weighted by Gasteiger charge is 2.13. The van der Waals surface area contributed by atoms with Crippen LogP contribution < -0.4 is 5.73 Å². The van der Waals surface area contributed by atoms with Crippen molar-refractivity contribution < 1.29 is 4.39 Å². The summed E-state index contributed by atoms with van der Waals surface area (Å²) in [5.41, 5.74) is 5.71.